The number of rotatable bonds is 1. The molecule has 0 spiro atoms. The SMILES string of the molecule is Cc1[nH]c2ccccc2c1C1=CSC2=NS(=O)(=O)CCN12. The van der Waals surface area contributed by atoms with Gasteiger partial charge in [0.05, 0.1) is 11.4 Å². The van der Waals surface area contributed by atoms with Crippen molar-refractivity contribution in [3.05, 3.63) is 40.9 Å². The Hall–Kier alpha value is -1.73. The molecule has 4 rings (SSSR count). The Bertz CT molecular complexity index is 909. The van der Waals surface area contributed by atoms with E-state index in [4.69, 9.17) is 0 Å². The Morgan fingerprint density at radius 1 is 1.33 bits per heavy atom. The molecule has 21 heavy (non-hydrogen) atoms. The number of hydrogen-bond donors (Lipinski definition) is 1. The maximum atomic E-state index is 11.6. The number of thioether (sulfide) groups is 1. The third-order valence-corrected chi connectivity index (χ3v) is 5.87. The van der Waals surface area contributed by atoms with Crippen LogP contribution in [0.1, 0.15) is 11.3 Å². The zero-order chi connectivity index (χ0) is 14.6. The van der Waals surface area contributed by atoms with E-state index in [1.807, 2.05) is 35.4 Å². The second-order valence-corrected chi connectivity index (χ2v) is 7.69. The molecule has 1 aromatic heterocycles. The van der Waals surface area contributed by atoms with Crippen molar-refractivity contribution in [3.63, 3.8) is 0 Å². The number of para-hydroxylation sites is 1. The lowest BCUT2D eigenvalue weighted by molar-refractivity contribution is 0.567. The molecule has 0 unspecified atom stereocenters. The highest BCUT2D eigenvalue weighted by atomic mass is 32.2. The summed E-state index contributed by atoms with van der Waals surface area (Å²) in [5.74, 6) is 0.0653. The van der Waals surface area contributed by atoms with Gasteiger partial charge in [0.1, 0.15) is 0 Å². The number of aromatic amines is 1. The first-order valence-corrected chi connectivity index (χ1v) is 9.09. The largest absolute Gasteiger partial charge is 0.358 e. The molecular weight excluding hydrogens is 306 g/mol. The van der Waals surface area contributed by atoms with E-state index in [1.165, 1.54) is 11.8 Å². The van der Waals surface area contributed by atoms with Gasteiger partial charge in [-0.2, -0.15) is 0 Å². The number of benzene rings is 1. The number of nitrogens with zero attached hydrogens (tertiary/aromatic N) is 2. The Kier molecular flexibility index (Phi) is 2.71. The van der Waals surface area contributed by atoms with E-state index in [9.17, 15) is 8.42 Å². The van der Waals surface area contributed by atoms with Gasteiger partial charge in [-0.25, -0.2) is 8.42 Å². The van der Waals surface area contributed by atoms with Crippen LogP contribution < -0.4 is 0 Å². The first-order chi connectivity index (χ1) is 10.1. The van der Waals surface area contributed by atoms with Crippen molar-refractivity contribution in [3.8, 4) is 0 Å². The van der Waals surface area contributed by atoms with Gasteiger partial charge in [0, 0.05) is 34.1 Å². The van der Waals surface area contributed by atoms with Gasteiger partial charge in [-0.1, -0.05) is 30.0 Å². The standard InChI is InChI=1S/C14H13N3O2S2/c1-9-13(10-4-2-3-5-11(10)15-9)12-8-20-14-16-21(18,19)7-6-17(12)14/h2-5,8,15H,6-7H2,1H3. The van der Waals surface area contributed by atoms with Crippen molar-refractivity contribution in [1.82, 2.24) is 9.88 Å². The van der Waals surface area contributed by atoms with Gasteiger partial charge in [0.2, 0.25) is 0 Å². The van der Waals surface area contributed by atoms with E-state index in [0.717, 1.165) is 27.9 Å². The van der Waals surface area contributed by atoms with Gasteiger partial charge in [0.15, 0.2) is 5.17 Å². The molecule has 0 aliphatic carbocycles. The van der Waals surface area contributed by atoms with E-state index >= 15 is 0 Å². The summed E-state index contributed by atoms with van der Waals surface area (Å²) in [6.45, 7) is 2.50. The maximum Gasteiger partial charge on any atom is 0.257 e. The minimum absolute atomic E-state index is 0.0653. The summed E-state index contributed by atoms with van der Waals surface area (Å²) in [4.78, 5) is 5.38. The normalized spacial score (nSPS) is 20.3. The summed E-state index contributed by atoms with van der Waals surface area (Å²) < 4.78 is 27.1. The zero-order valence-electron chi connectivity index (χ0n) is 11.3. The van der Waals surface area contributed by atoms with Crippen LogP contribution in [0.5, 0.6) is 0 Å². The summed E-state index contributed by atoms with van der Waals surface area (Å²) in [5, 5.41) is 3.69. The monoisotopic (exact) mass is 319 g/mol. The Balaban J connectivity index is 1.86. The topological polar surface area (TPSA) is 65.5 Å². The molecule has 2 aliphatic heterocycles. The van der Waals surface area contributed by atoms with E-state index in [1.54, 1.807) is 0 Å². The molecule has 1 N–H and O–H groups in total. The van der Waals surface area contributed by atoms with Crippen LogP contribution >= 0.6 is 11.8 Å². The maximum absolute atomic E-state index is 11.6. The van der Waals surface area contributed by atoms with Gasteiger partial charge < -0.3 is 9.88 Å². The first kappa shape index (κ1) is 13.0. The van der Waals surface area contributed by atoms with E-state index < -0.39 is 10.0 Å². The fourth-order valence-electron chi connectivity index (χ4n) is 2.80. The number of fused-ring (bicyclic) bond motifs is 2. The highest BCUT2D eigenvalue weighted by Gasteiger charge is 2.32. The lowest BCUT2D eigenvalue weighted by Gasteiger charge is -2.25. The summed E-state index contributed by atoms with van der Waals surface area (Å²) in [6, 6.07) is 8.14. The van der Waals surface area contributed by atoms with Crippen molar-refractivity contribution in [2.45, 2.75) is 6.92 Å². The van der Waals surface area contributed by atoms with Crippen molar-refractivity contribution in [2.24, 2.45) is 4.40 Å². The Labute approximate surface area is 126 Å². The molecule has 0 saturated heterocycles. The summed E-state index contributed by atoms with van der Waals surface area (Å²) >= 11 is 1.37. The van der Waals surface area contributed by atoms with Crippen LogP contribution in [0, 0.1) is 6.92 Å². The molecule has 0 bridgehead atoms. The van der Waals surface area contributed by atoms with Crippen LogP contribution in [-0.2, 0) is 10.0 Å². The van der Waals surface area contributed by atoms with Crippen molar-refractivity contribution < 1.29 is 8.42 Å². The minimum atomic E-state index is -3.30. The second kappa shape index (κ2) is 4.38. The third-order valence-electron chi connectivity index (χ3n) is 3.74. The molecule has 0 amide bonds. The van der Waals surface area contributed by atoms with Crippen LogP contribution in [-0.4, -0.2) is 35.8 Å². The second-order valence-electron chi connectivity index (χ2n) is 5.10. The Morgan fingerprint density at radius 2 is 2.14 bits per heavy atom. The average Bonchev–Trinajstić information content (AvgIpc) is 2.96. The van der Waals surface area contributed by atoms with Crippen LogP contribution in [0.25, 0.3) is 16.6 Å². The minimum Gasteiger partial charge on any atom is -0.358 e. The van der Waals surface area contributed by atoms with Gasteiger partial charge in [-0.05, 0) is 13.0 Å². The van der Waals surface area contributed by atoms with Gasteiger partial charge in [-0.3, -0.25) is 0 Å². The third kappa shape index (κ3) is 1.99. The number of sulfonamides is 1. The molecule has 0 radical (unpaired) electrons. The first-order valence-electron chi connectivity index (χ1n) is 6.60. The van der Waals surface area contributed by atoms with Crippen LogP contribution in [0.3, 0.4) is 0 Å². The van der Waals surface area contributed by atoms with Crippen molar-refractivity contribution in [2.75, 3.05) is 12.3 Å². The zero-order valence-corrected chi connectivity index (χ0v) is 13.0. The average molecular weight is 319 g/mol. The highest BCUT2D eigenvalue weighted by molar-refractivity contribution is 8.17. The lowest BCUT2D eigenvalue weighted by atomic mass is 10.1. The van der Waals surface area contributed by atoms with Gasteiger partial charge >= 0.3 is 0 Å². The van der Waals surface area contributed by atoms with E-state index in [2.05, 4.69) is 15.4 Å². The summed E-state index contributed by atoms with van der Waals surface area (Å²) in [5.41, 5.74) is 4.33. The predicted molar refractivity (Wildman–Crippen MR) is 86.5 cm³/mol. The molecule has 0 saturated carbocycles. The van der Waals surface area contributed by atoms with Crippen LogP contribution in [0.2, 0.25) is 0 Å². The number of hydrogen-bond acceptors (Lipinski definition) is 4. The molecular formula is C14H13N3O2S2. The summed E-state index contributed by atoms with van der Waals surface area (Å²) in [6.07, 6.45) is 0. The van der Waals surface area contributed by atoms with Crippen molar-refractivity contribution in [1.29, 1.82) is 0 Å². The predicted octanol–water partition coefficient (Wildman–Crippen LogP) is 2.52. The van der Waals surface area contributed by atoms with Crippen LogP contribution in [0.15, 0.2) is 34.1 Å². The van der Waals surface area contributed by atoms with Crippen molar-refractivity contribution >= 4 is 43.6 Å². The number of H-pyrrole nitrogens is 1. The lowest BCUT2D eigenvalue weighted by Crippen LogP contribution is -2.34. The molecule has 2 aliphatic rings. The number of nitrogens with one attached hydrogen (secondary N) is 1. The number of aryl methyl sites for hydroxylation is 1. The quantitative estimate of drug-likeness (QED) is 0.877. The van der Waals surface area contributed by atoms with E-state index in [0.29, 0.717) is 11.7 Å². The fourth-order valence-corrected chi connectivity index (χ4v) is 4.93. The Morgan fingerprint density at radius 3 is 3.00 bits per heavy atom. The molecule has 7 heteroatoms. The summed E-state index contributed by atoms with van der Waals surface area (Å²) in [7, 11) is -3.30. The molecule has 2 aromatic rings. The number of amidine groups is 1. The smallest absolute Gasteiger partial charge is 0.257 e. The van der Waals surface area contributed by atoms with Gasteiger partial charge in [0.25, 0.3) is 10.0 Å². The molecule has 0 atom stereocenters. The molecule has 5 nitrogen and oxygen atoms in total. The molecule has 0 fully saturated rings. The molecule has 1 aromatic carbocycles. The van der Waals surface area contributed by atoms with Gasteiger partial charge in [-0.15, -0.1) is 4.40 Å². The fraction of sp³-hybridized carbons (Fsp3) is 0.214. The number of aromatic nitrogens is 1. The van der Waals surface area contributed by atoms with E-state index in [-0.39, 0.29) is 5.75 Å². The van der Waals surface area contributed by atoms with Crippen LogP contribution in [0.4, 0.5) is 0 Å². The molecule has 108 valence electrons. The molecule has 3 heterocycles. The highest BCUT2D eigenvalue weighted by Crippen LogP contribution is 2.39.